The first-order valence-electron chi connectivity index (χ1n) is 11.0. The summed E-state index contributed by atoms with van der Waals surface area (Å²) in [5, 5.41) is 3.27. The van der Waals surface area contributed by atoms with Gasteiger partial charge in [0, 0.05) is 31.1 Å². The van der Waals surface area contributed by atoms with E-state index < -0.39 is 27.9 Å². The van der Waals surface area contributed by atoms with Crippen molar-refractivity contribution in [3.05, 3.63) is 64.7 Å². The maximum atomic E-state index is 13.3. The first-order valence-corrected chi connectivity index (χ1v) is 12.8. The highest BCUT2D eigenvalue weighted by Gasteiger charge is 2.41. The Morgan fingerprint density at radius 1 is 1.06 bits per heavy atom. The van der Waals surface area contributed by atoms with Gasteiger partial charge in [0.05, 0.1) is 5.56 Å². The second-order valence-corrected chi connectivity index (χ2v) is 10.8. The van der Waals surface area contributed by atoms with Crippen molar-refractivity contribution in [2.75, 3.05) is 13.1 Å². The van der Waals surface area contributed by atoms with Gasteiger partial charge in [0.15, 0.2) is 0 Å². The number of hydrogen-bond acceptors (Lipinski definition) is 5. The molecule has 10 heteroatoms. The van der Waals surface area contributed by atoms with Crippen LogP contribution in [0.3, 0.4) is 0 Å². The molecule has 0 fully saturated rings. The van der Waals surface area contributed by atoms with Crippen molar-refractivity contribution in [2.24, 2.45) is 5.92 Å². The molecular formula is C24H28ClN3O5S. The van der Waals surface area contributed by atoms with Gasteiger partial charge in [-0.05, 0) is 36.6 Å². The van der Waals surface area contributed by atoms with Crippen molar-refractivity contribution >= 4 is 39.3 Å². The van der Waals surface area contributed by atoms with Crippen LogP contribution >= 0.6 is 11.6 Å². The number of nitrogens with zero attached hydrogens (tertiary/aromatic N) is 2. The number of sulfonamides is 1. The summed E-state index contributed by atoms with van der Waals surface area (Å²) in [7, 11) is -4.02. The highest BCUT2D eigenvalue weighted by molar-refractivity contribution is 7.90. The molecule has 2 aromatic rings. The van der Waals surface area contributed by atoms with Gasteiger partial charge in [0.2, 0.25) is 11.8 Å². The van der Waals surface area contributed by atoms with Gasteiger partial charge in [-0.25, -0.2) is 12.7 Å². The fourth-order valence-corrected chi connectivity index (χ4v) is 5.40. The van der Waals surface area contributed by atoms with Crippen molar-refractivity contribution in [2.45, 2.75) is 44.7 Å². The number of rotatable bonds is 9. The fraction of sp³-hybridized carbons (Fsp3) is 0.375. The van der Waals surface area contributed by atoms with Gasteiger partial charge in [-0.3, -0.25) is 14.4 Å². The molecule has 1 heterocycles. The van der Waals surface area contributed by atoms with Gasteiger partial charge in [-0.1, -0.05) is 55.8 Å². The van der Waals surface area contributed by atoms with Crippen molar-refractivity contribution in [3.8, 4) is 0 Å². The molecule has 8 nitrogen and oxygen atoms in total. The van der Waals surface area contributed by atoms with Crippen LogP contribution in [-0.4, -0.2) is 54.5 Å². The van der Waals surface area contributed by atoms with Crippen LogP contribution in [-0.2, 0) is 26.2 Å². The van der Waals surface area contributed by atoms with Crippen LogP contribution in [0.4, 0.5) is 0 Å². The summed E-state index contributed by atoms with van der Waals surface area (Å²) in [5.41, 5.74) is 0.739. The van der Waals surface area contributed by atoms with E-state index in [2.05, 4.69) is 5.32 Å². The van der Waals surface area contributed by atoms with Crippen molar-refractivity contribution in [3.63, 3.8) is 0 Å². The second-order valence-electron chi connectivity index (χ2n) is 8.56. The summed E-state index contributed by atoms with van der Waals surface area (Å²) in [6.45, 7) is 5.73. The second kappa shape index (κ2) is 10.6. The normalized spacial score (nSPS) is 15.2. The number of benzene rings is 2. The Bertz CT molecular complexity index is 1200. The predicted octanol–water partition coefficient (Wildman–Crippen LogP) is 3.06. The molecule has 0 aliphatic carbocycles. The molecule has 182 valence electrons. The zero-order valence-corrected chi connectivity index (χ0v) is 20.9. The zero-order chi connectivity index (χ0) is 25.0. The van der Waals surface area contributed by atoms with Gasteiger partial charge >= 0.3 is 0 Å². The van der Waals surface area contributed by atoms with E-state index in [1.165, 1.54) is 17.0 Å². The molecule has 0 saturated carbocycles. The summed E-state index contributed by atoms with van der Waals surface area (Å²) in [6.07, 6.45) is -0.273. The molecule has 0 saturated heterocycles. The standard InChI is InChI=1S/C24H28ClN3O5S/c1-16(2)14-26-23(30)17(3)27(15-18-8-4-6-10-20(18)25)22(29)12-13-28-24(31)19-9-5-7-11-21(19)34(28,32)33/h4-11,16-17H,12-15H2,1-3H3,(H,26,30)/t17-/m1/s1. The molecule has 1 aliphatic rings. The highest BCUT2D eigenvalue weighted by atomic mass is 35.5. The minimum absolute atomic E-state index is 0.0652. The number of amides is 3. The number of hydrogen-bond donors (Lipinski definition) is 1. The smallest absolute Gasteiger partial charge is 0.269 e. The Balaban J connectivity index is 1.79. The van der Waals surface area contributed by atoms with E-state index >= 15 is 0 Å². The first kappa shape index (κ1) is 25.7. The third-order valence-corrected chi connectivity index (χ3v) is 7.80. The molecule has 3 rings (SSSR count). The number of halogens is 1. The molecule has 0 spiro atoms. The zero-order valence-electron chi connectivity index (χ0n) is 19.3. The molecule has 1 N–H and O–H groups in total. The molecule has 0 aromatic heterocycles. The summed E-state index contributed by atoms with van der Waals surface area (Å²) in [6, 6.07) is 12.1. The molecule has 3 amide bonds. The summed E-state index contributed by atoms with van der Waals surface area (Å²) in [4.78, 5) is 39.9. The van der Waals surface area contributed by atoms with Crippen LogP contribution in [0.25, 0.3) is 0 Å². The SMILES string of the molecule is CC(C)CNC(=O)[C@@H](C)N(Cc1ccccc1Cl)C(=O)CCN1C(=O)c2ccccc2S1(=O)=O. The van der Waals surface area contributed by atoms with E-state index in [1.807, 2.05) is 13.8 Å². The van der Waals surface area contributed by atoms with Gasteiger partial charge in [-0.15, -0.1) is 0 Å². The fourth-order valence-electron chi connectivity index (χ4n) is 3.64. The lowest BCUT2D eigenvalue weighted by Crippen LogP contribution is -2.49. The van der Waals surface area contributed by atoms with Crippen LogP contribution in [0.1, 0.15) is 43.1 Å². The summed E-state index contributed by atoms with van der Waals surface area (Å²) >= 11 is 6.28. The van der Waals surface area contributed by atoms with E-state index in [1.54, 1.807) is 43.3 Å². The lowest BCUT2D eigenvalue weighted by molar-refractivity contribution is -0.140. The Kier molecular flexibility index (Phi) is 7.99. The molecule has 0 unspecified atom stereocenters. The Labute approximate surface area is 204 Å². The van der Waals surface area contributed by atoms with Gasteiger partial charge in [0.25, 0.3) is 15.9 Å². The number of carbonyl (C=O) groups excluding carboxylic acids is 3. The average molecular weight is 506 g/mol. The largest absolute Gasteiger partial charge is 0.354 e. The molecule has 0 radical (unpaired) electrons. The summed E-state index contributed by atoms with van der Waals surface area (Å²) < 4.78 is 26.3. The maximum absolute atomic E-state index is 13.3. The van der Waals surface area contributed by atoms with Crippen LogP contribution in [0, 0.1) is 5.92 Å². The lowest BCUT2D eigenvalue weighted by atomic mass is 10.1. The van der Waals surface area contributed by atoms with Crippen LogP contribution in [0.5, 0.6) is 0 Å². The number of nitrogens with one attached hydrogen (secondary N) is 1. The third-order valence-electron chi connectivity index (χ3n) is 5.59. The molecular weight excluding hydrogens is 478 g/mol. The molecule has 0 bridgehead atoms. The monoisotopic (exact) mass is 505 g/mol. The van der Waals surface area contributed by atoms with Gasteiger partial charge in [0.1, 0.15) is 10.9 Å². The van der Waals surface area contributed by atoms with E-state index in [0.29, 0.717) is 21.4 Å². The van der Waals surface area contributed by atoms with E-state index in [4.69, 9.17) is 11.6 Å². The topological polar surface area (TPSA) is 104 Å². The van der Waals surface area contributed by atoms with E-state index in [-0.39, 0.29) is 41.8 Å². The van der Waals surface area contributed by atoms with Crippen molar-refractivity contribution in [1.82, 2.24) is 14.5 Å². The Morgan fingerprint density at radius 3 is 2.35 bits per heavy atom. The van der Waals surface area contributed by atoms with E-state index in [9.17, 15) is 22.8 Å². The molecule has 1 atom stereocenters. The van der Waals surface area contributed by atoms with Gasteiger partial charge < -0.3 is 10.2 Å². The molecule has 34 heavy (non-hydrogen) atoms. The third kappa shape index (κ3) is 5.42. The summed E-state index contributed by atoms with van der Waals surface area (Å²) in [5.74, 6) is -1.22. The van der Waals surface area contributed by atoms with Crippen LogP contribution in [0.15, 0.2) is 53.4 Å². The van der Waals surface area contributed by atoms with E-state index in [0.717, 1.165) is 0 Å². The first-order chi connectivity index (χ1) is 16.0. The van der Waals surface area contributed by atoms with Crippen molar-refractivity contribution in [1.29, 1.82) is 0 Å². The number of carbonyl (C=O) groups is 3. The Hall–Kier alpha value is -2.91. The van der Waals surface area contributed by atoms with Gasteiger partial charge in [-0.2, -0.15) is 0 Å². The highest BCUT2D eigenvalue weighted by Crippen LogP contribution is 2.30. The average Bonchev–Trinajstić information content (AvgIpc) is 3.00. The minimum atomic E-state index is -4.02. The maximum Gasteiger partial charge on any atom is 0.269 e. The van der Waals surface area contributed by atoms with Crippen molar-refractivity contribution < 1.29 is 22.8 Å². The molecule has 1 aliphatic heterocycles. The Morgan fingerprint density at radius 2 is 1.71 bits per heavy atom. The predicted molar refractivity (Wildman–Crippen MR) is 129 cm³/mol. The van der Waals surface area contributed by atoms with Crippen LogP contribution < -0.4 is 5.32 Å². The minimum Gasteiger partial charge on any atom is -0.354 e. The number of fused-ring (bicyclic) bond motifs is 1. The lowest BCUT2D eigenvalue weighted by Gasteiger charge is -2.30. The van der Waals surface area contributed by atoms with Crippen LogP contribution in [0.2, 0.25) is 5.02 Å². The molecule has 2 aromatic carbocycles. The quantitative estimate of drug-likeness (QED) is 0.564.